The van der Waals surface area contributed by atoms with Gasteiger partial charge in [-0.2, -0.15) is 48.2 Å². The van der Waals surface area contributed by atoms with Crippen LogP contribution in [0.4, 0.5) is 4.79 Å². The number of nitrogens with zero attached hydrogens (tertiary/aromatic N) is 3. The van der Waals surface area contributed by atoms with Crippen molar-refractivity contribution in [3.05, 3.63) is 72.1 Å². The summed E-state index contributed by atoms with van der Waals surface area (Å²) in [6.07, 6.45) is 7.20. The molecule has 4 rings (SSSR count). The molecule has 2 saturated heterocycles. The van der Waals surface area contributed by atoms with Crippen LogP contribution in [0, 0.1) is 11.5 Å². The van der Waals surface area contributed by atoms with E-state index in [1.54, 1.807) is 18.0 Å². The number of thioether (sulfide) groups is 1. The Bertz CT molecular complexity index is 1380. The van der Waals surface area contributed by atoms with Gasteiger partial charge in [-0.1, -0.05) is 45.8 Å². The first kappa shape index (κ1) is 51.7. The van der Waals surface area contributed by atoms with Crippen LogP contribution < -0.4 is 21.3 Å². The van der Waals surface area contributed by atoms with Gasteiger partial charge in [-0.3, -0.25) is 19.2 Å². The Hall–Kier alpha value is -3.27. The van der Waals surface area contributed by atoms with E-state index in [1.165, 1.54) is 18.1 Å². The first-order valence-corrected chi connectivity index (χ1v) is 19.7. The number of aromatic nitrogens is 2. The number of amides is 5. The van der Waals surface area contributed by atoms with Crippen LogP contribution in [-0.2, 0) is 63.0 Å². The summed E-state index contributed by atoms with van der Waals surface area (Å²) in [5.41, 5.74) is 1.53. The van der Waals surface area contributed by atoms with Gasteiger partial charge >= 0.3 is 6.09 Å². The van der Waals surface area contributed by atoms with Crippen LogP contribution in [0.15, 0.2) is 55.0 Å². The molecule has 5 amide bonds. The molecule has 0 bridgehead atoms. The molecule has 3 unspecified atom stereocenters. The van der Waals surface area contributed by atoms with Crippen LogP contribution in [0.25, 0.3) is 5.32 Å². The molecule has 14 nitrogen and oxygen atoms in total. The first-order chi connectivity index (χ1) is 25.6. The van der Waals surface area contributed by atoms with E-state index in [9.17, 15) is 24.0 Å². The standard InChI is InChI=1S/C30H47N8O6S.C6H5.C2H6.CH4.Y/c1-5-6-25(39)35-23(13-21-15-31-19-34-21)27(41)37-24(16-44-29(43)38-10-8-30(9-11-38)17-32-18-30)28(42)36-22(7-12-45-4)26(40)33-14-20(2)3;1-2-4-6-5-3-1;1-2;;/h15,19,22-24H,2,5-14,16-18H2,1,3-4H3,(H,31,34)(H,33,40)(H,35,39)(H,36,42)(H,37,41);1-5H;1-2H3;1H4;/q2*-1;;;. The Balaban J connectivity index is 0.00000261. The fourth-order valence-corrected chi connectivity index (χ4v) is 5.88. The fraction of sp³-hybridized carbons (Fsp3) is 0.590. The third-order valence-corrected chi connectivity index (χ3v) is 9.15. The number of hydrogen-bond donors (Lipinski definition) is 5. The molecule has 1 radical (unpaired) electrons. The summed E-state index contributed by atoms with van der Waals surface area (Å²) in [6, 6.07) is 9.24. The van der Waals surface area contributed by atoms with E-state index in [-0.39, 0.29) is 70.8 Å². The number of ether oxygens (including phenoxy) is 1. The van der Waals surface area contributed by atoms with Gasteiger partial charge in [-0.15, -0.1) is 13.1 Å². The number of carbonyl (C=O) groups excluding carboxylic acids is 5. The predicted molar refractivity (Wildman–Crippen MR) is 215 cm³/mol. The van der Waals surface area contributed by atoms with Crippen LogP contribution in [-0.4, -0.2) is 114 Å². The van der Waals surface area contributed by atoms with Gasteiger partial charge < -0.3 is 41.2 Å². The molecule has 0 saturated carbocycles. The summed E-state index contributed by atoms with van der Waals surface area (Å²) < 4.78 is 5.56. The second kappa shape index (κ2) is 29.0. The second-order valence-electron chi connectivity index (χ2n) is 12.9. The number of piperidine rings is 1. The van der Waals surface area contributed by atoms with E-state index in [0.29, 0.717) is 37.4 Å². The summed E-state index contributed by atoms with van der Waals surface area (Å²) in [5, 5.41) is 15.2. The van der Waals surface area contributed by atoms with Crippen molar-refractivity contribution in [2.24, 2.45) is 5.41 Å². The van der Waals surface area contributed by atoms with Crippen LogP contribution in [0.1, 0.15) is 72.9 Å². The molecule has 1 aromatic carbocycles. The number of carbonyl (C=O) groups is 5. The molecule has 305 valence electrons. The van der Waals surface area contributed by atoms with Crippen LogP contribution in [0.5, 0.6) is 0 Å². The Morgan fingerprint density at radius 3 is 2.15 bits per heavy atom. The normalized spacial score (nSPS) is 15.1. The first-order valence-electron chi connectivity index (χ1n) is 18.3. The van der Waals surface area contributed by atoms with Crippen molar-refractivity contribution in [2.45, 2.75) is 91.8 Å². The average molecular weight is 860 g/mol. The summed E-state index contributed by atoms with van der Waals surface area (Å²) in [5.74, 6) is -1.46. The van der Waals surface area contributed by atoms with E-state index in [2.05, 4.69) is 49.2 Å². The SMILES string of the molecule is C.C=C(C)CNC(=O)C(CCSC)NC(=O)C(COC(=O)N1CCC2(CC1)C[N-]C2)NC(=O)C(Cc1cnc[nH]1)NC(=O)CCC.CC.[Y].[c-]1ccccc1. The summed E-state index contributed by atoms with van der Waals surface area (Å²) in [4.78, 5) is 74.1. The third-order valence-electron chi connectivity index (χ3n) is 8.51. The van der Waals surface area contributed by atoms with Gasteiger partial charge in [0.2, 0.25) is 23.6 Å². The Morgan fingerprint density at radius 1 is 1.02 bits per heavy atom. The van der Waals surface area contributed by atoms with Crippen molar-refractivity contribution < 1.29 is 61.4 Å². The molecule has 1 spiro atoms. The molecular weight excluding hydrogens is 797 g/mol. The molecule has 0 aliphatic carbocycles. The molecule has 55 heavy (non-hydrogen) atoms. The monoisotopic (exact) mass is 859 g/mol. The number of benzene rings is 1. The van der Waals surface area contributed by atoms with Crippen molar-refractivity contribution in [1.82, 2.24) is 36.1 Å². The van der Waals surface area contributed by atoms with Gasteiger partial charge in [0, 0.05) is 77.1 Å². The van der Waals surface area contributed by atoms with E-state index < -0.39 is 48.5 Å². The second-order valence-corrected chi connectivity index (χ2v) is 13.9. The predicted octanol–water partition coefficient (Wildman–Crippen LogP) is 4.40. The van der Waals surface area contributed by atoms with Crippen molar-refractivity contribution >= 4 is 41.5 Å². The Labute approximate surface area is 357 Å². The van der Waals surface area contributed by atoms with Gasteiger partial charge in [0.25, 0.3) is 0 Å². The van der Waals surface area contributed by atoms with E-state index in [1.807, 2.05) is 57.4 Å². The van der Waals surface area contributed by atoms with E-state index in [4.69, 9.17) is 4.74 Å². The number of nitrogens with one attached hydrogen (secondary N) is 5. The molecule has 16 heteroatoms. The number of rotatable bonds is 17. The summed E-state index contributed by atoms with van der Waals surface area (Å²) in [7, 11) is 0. The van der Waals surface area contributed by atoms with Gasteiger partial charge in [-0.25, -0.2) is 9.78 Å². The number of imidazole rings is 1. The van der Waals surface area contributed by atoms with Crippen molar-refractivity contribution in [3.8, 4) is 0 Å². The van der Waals surface area contributed by atoms with E-state index in [0.717, 1.165) is 31.5 Å². The molecular formula is C39H62N8O6SY-2. The van der Waals surface area contributed by atoms with Gasteiger partial charge in [0.05, 0.1) is 6.33 Å². The minimum absolute atomic E-state index is 0. The number of aromatic amines is 1. The zero-order valence-corrected chi connectivity index (χ0v) is 36.1. The Kier molecular flexibility index (Phi) is 27.3. The summed E-state index contributed by atoms with van der Waals surface area (Å²) in [6.45, 7) is 13.9. The number of hydrogen-bond acceptors (Lipinski definition) is 8. The minimum Gasteiger partial charge on any atom is -0.661 e. The van der Waals surface area contributed by atoms with Crippen molar-refractivity contribution in [3.63, 3.8) is 0 Å². The molecule has 2 fully saturated rings. The minimum atomic E-state index is -1.33. The van der Waals surface area contributed by atoms with Gasteiger partial charge in [0.1, 0.15) is 24.7 Å². The zero-order valence-electron chi connectivity index (χ0n) is 32.4. The largest absolute Gasteiger partial charge is 0.661 e. The molecule has 2 aliphatic rings. The third kappa shape index (κ3) is 19.4. The van der Waals surface area contributed by atoms with Gasteiger partial charge in [0.15, 0.2) is 0 Å². The van der Waals surface area contributed by atoms with Crippen LogP contribution in [0.3, 0.4) is 0 Å². The maximum atomic E-state index is 13.6. The Morgan fingerprint density at radius 2 is 1.65 bits per heavy atom. The van der Waals surface area contributed by atoms with E-state index >= 15 is 0 Å². The van der Waals surface area contributed by atoms with Crippen molar-refractivity contribution in [1.29, 1.82) is 0 Å². The maximum absolute atomic E-state index is 13.6. The smallest absolute Gasteiger partial charge is 0.409 e. The van der Waals surface area contributed by atoms with Crippen LogP contribution in [0.2, 0.25) is 0 Å². The van der Waals surface area contributed by atoms with Crippen LogP contribution >= 0.6 is 11.8 Å². The molecule has 2 aliphatic heterocycles. The molecule has 3 heterocycles. The topological polar surface area (TPSA) is 189 Å². The summed E-state index contributed by atoms with van der Waals surface area (Å²) >= 11 is 1.52. The maximum Gasteiger partial charge on any atom is 0.409 e. The fourth-order valence-electron chi connectivity index (χ4n) is 5.41. The average Bonchev–Trinajstić information content (AvgIpc) is 3.68. The molecule has 2 aromatic rings. The quantitative estimate of drug-likeness (QED) is 0.114. The molecule has 1 aromatic heterocycles. The molecule has 5 N–H and O–H groups in total. The number of H-pyrrole nitrogens is 1. The zero-order chi connectivity index (χ0) is 39.1. The van der Waals surface area contributed by atoms with Crippen molar-refractivity contribution in [2.75, 3.05) is 51.3 Å². The van der Waals surface area contributed by atoms with Gasteiger partial charge in [-0.05, 0) is 44.6 Å². The number of likely N-dealkylation sites (tertiary alicyclic amines) is 1. The molecule has 3 atom stereocenters.